The zero-order valence-electron chi connectivity index (χ0n) is 15.2. The molecule has 2 saturated heterocycles. The minimum atomic E-state index is -0.258. The fraction of sp³-hybridized carbons (Fsp3) is 0.579. The lowest BCUT2D eigenvalue weighted by Gasteiger charge is -2.31. The van der Waals surface area contributed by atoms with Crippen molar-refractivity contribution in [1.82, 2.24) is 10.6 Å². The molecule has 0 spiro atoms. The molecular formula is C19H28ClN3O2. The van der Waals surface area contributed by atoms with Crippen LogP contribution in [0.15, 0.2) is 18.2 Å². The monoisotopic (exact) mass is 365 g/mol. The number of nitrogens with zero attached hydrogens (tertiary/aromatic N) is 1. The molecule has 1 aromatic carbocycles. The Kier molecular flexibility index (Phi) is 6.47. The van der Waals surface area contributed by atoms with Crippen molar-refractivity contribution in [2.24, 2.45) is 5.92 Å². The first kappa shape index (κ1) is 19.7. The van der Waals surface area contributed by atoms with Gasteiger partial charge in [0.1, 0.15) is 0 Å². The van der Waals surface area contributed by atoms with Crippen LogP contribution in [0.3, 0.4) is 0 Å². The summed E-state index contributed by atoms with van der Waals surface area (Å²) in [5.74, 6) is -0.207. The molecular weight excluding hydrogens is 338 g/mol. The standard InChI is InChI=1S/C19H27N3O2.ClH/c1-12-6-4-8-17(13(12)2)22-11-15(10-18(22)23)19(24)21-16-7-5-9-20-14(16)3;/h4,6,8,14-16,20H,5,7,9-11H2,1-3H3,(H,21,24);1H. The van der Waals surface area contributed by atoms with E-state index in [1.165, 1.54) is 0 Å². The Labute approximate surface area is 155 Å². The molecule has 2 heterocycles. The fourth-order valence-corrected chi connectivity index (χ4v) is 3.69. The minimum absolute atomic E-state index is 0. The van der Waals surface area contributed by atoms with Gasteiger partial charge in [0.25, 0.3) is 0 Å². The molecule has 0 aromatic heterocycles. The van der Waals surface area contributed by atoms with Crippen molar-refractivity contribution in [2.75, 3.05) is 18.0 Å². The highest BCUT2D eigenvalue weighted by Gasteiger charge is 2.37. The maximum absolute atomic E-state index is 12.6. The first-order valence-electron chi connectivity index (χ1n) is 8.87. The molecule has 25 heavy (non-hydrogen) atoms. The zero-order chi connectivity index (χ0) is 17.3. The van der Waals surface area contributed by atoms with Gasteiger partial charge in [-0.3, -0.25) is 9.59 Å². The van der Waals surface area contributed by atoms with Gasteiger partial charge in [-0.15, -0.1) is 12.4 Å². The molecule has 0 radical (unpaired) electrons. The number of benzene rings is 1. The molecule has 3 rings (SSSR count). The summed E-state index contributed by atoms with van der Waals surface area (Å²) < 4.78 is 0. The van der Waals surface area contributed by atoms with Gasteiger partial charge in [-0.25, -0.2) is 0 Å². The smallest absolute Gasteiger partial charge is 0.227 e. The Morgan fingerprint density at radius 3 is 2.80 bits per heavy atom. The van der Waals surface area contributed by atoms with E-state index in [-0.39, 0.29) is 42.2 Å². The van der Waals surface area contributed by atoms with Gasteiger partial charge in [-0.2, -0.15) is 0 Å². The third-order valence-corrected chi connectivity index (χ3v) is 5.45. The van der Waals surface area contributed by atoms with Crippen molar-refractivity contribution in [3.05, 3.63) is 29.3 Å². The molecule has 2 fully saturated rings. The third kappa shape index (κ3) is 4.15. The summed E-state index contributed by atoms with van der Waals surface area (Å²) >= 11 is 0. The Balaban J connectivity index is 0.00000225. The second-order valence-corrected chi connectivity index (χ2v) is 7.12. The molecule has 2 amide bonds. The topological polar surface area (TPSA) is 61.4 Å². The van der Waals surface area contributed by atoms with E-state index in [4.69, 9.17) is 0 Å². The Morgan fingerprint density at radius 2 is 2.08 bits per heavy atom. The van der Waals surface area contributed by atoms with Crippen LogP contribution in [0, 0.1) is 19.8 Å². The highest BCUT2D eigenvalue weighted by Crippen LogP contribution is 2.29. The van der Waals surface area contributed by atoms with Gasteiger partial charge in [-0.1, -0.05) is 12.1 Å². The summed E-state index contributed by atoms with van der Waals surface area (Å²) in [5, 5.41) is 6.54. The number of halogens is 1. The summed E-state index contributed by atoms with van der Waals surface area (Å²) in [4.78, 5) is 26.8. The van der Waals surface area contributed by atoms with Crippen LogP contribution >= 0.6 is 12.4 Å². The molecule has 2 aliphatic heterocycles. The van der Waals surface area contributed by atoms with Gasteiger partial charge in [-0.05, 0) is 57.4 Å². The van der Waals surface area contributed by atoms with Crippen molar-refractivity contribution in [3.8, 4) is 0 Å². The van der Waals surface area contributed by atoms with E-state index in [2.05, 4.69) is 17.6 Å². The van der Waals surface area contributed by atoms with Crippen molar-refractivity contribution in [1.29, 1.82) is 0 Å². The molecule has 0 aliphatic carbocycles. The first-order chi connectivity index (χ1) is 11.5. The summed E-state index contributed by atoms with van der Waals surface area (Å²) in [6.07, 6.45) is 2.38. The first-order valence-corrected chi connectivity index (χ1v) is 8.87. The molecule has 0 saturated carbocycles. The highest BCUT2D eigenvalue weighted by atomic mass is 35.5. The number of piperidine rings is 1. The summed E-state index contributed by atoms with van der Waals surface area (Å²) in [6.45, 7) is 7.66. The number of carbonyl (C=O) groups excluding carboxylic acids is 2. The van der Waals surface area contributed by atoms with Crippen LogP contribution in [0.25, 0.3) is 0 Å². The number of anilines is 1. The van der Waals surface area contributed by atoms with E-state index in [1.807, 2.05) is 32.0 Å². The Morgan fingerprint density at radius 1 is 1.32 bits per heavy atom. The van der Waals surface area contributed by atoms with Gasteiger partial charge in [0.2, 0.25) is 11.8 Å². The lowest BCUT2D eigenvalue weighted by atomic mass is 9.98. The average Bonchev–Trinajstić information content (AvgIpc) is 2.94. The van der Waals surface area contributed by atoms with Crippen LogP contribution in [-0.4, -0.2) is 37.0 Å². The van der Waals surface area contributed by atoms with Gasteiger partial charge in [0.05, 0.1) is 5.92 Å². The highest BCUT2D eigenvalue weighted by molar-refractivity contribution is 6.01. The number of aryl methyl sites for hydroxylation is 1. The van der Waals surface area contributed by atoms with E-state index in [0.29, 0.717) is 13.0 Å². The lowest BCUT2D eigenvalue weighted by molar-refractivity contribution is -0.127. The van der Waals surface area contributed by atoms with E-state index in [9.17, 15) is 9.59 Å². The number of amides is 2. The van der Waals surface area contributed by atoms with Gasteiger partial charge in [0.15, 0.2) is 0 Å². The molecule has 2 aliphatic rings. The number of carbonyl (C=O) groups is 2. The van der Waals surface area contributed by atoms with E-state index >= 15 is 0 Å². The number of nitrogens with one attached hydrogen (secondary N) is 2. The maximum atomic E-state index is 12.6. The SMILES string of the molecule is Cc1cccc(N2CC(C(=O)NC3CCCNC3C)CC2=O)c1C.Cl. The van der Waals surface area contributed by atoms with E-state index in [1.54, 1.807) is 4.90 Å². The van der Waals surface area contributed by atoms with Crippen molar-refractivity contribution >= 4 is 29.9 Å². The molecule has 2 N–H and O–H groups in total. The number of rotatable bonds is 3. The predicted octanol–water partition coefficient (Wildman–Crippen LogP) is 2.33. The van der Waals surface area contributed by atoms with Crippen molar-refractivity contribution in [2.45, 2.75) is 52.1 Å². The summed E-state index contributed by atoms with van der Waals surface area (Å²) in [5.41, 5.74) is 3.20. The number of hydrogen-bond acceptors (Lipinski definition) is 3. The summed E-state index contributed by atoms with van der Waals surface area (Å²) in [7, 11) is 0. The van der Waals surface area contributed by atoms with E-state index < -0.39 is 0 Å². The molecule has 6 heteroatoms. The third-order valence-electron chi connectivity index (χ3n) is 5.45. The van der Waals surface area contributed by atoms with Crippen LogP contribution in [0.5, 0.6) is 0 Å². The fourth-order valence-electron chi connectivity index (χ4n) is 3.69. The van der Waals surface area contributed by atoms with Crippen molar-refractivity contribution in [3.63, 3.8) is 0 Å². The Hall–Kier alpha value is -1.59. The van der Waals surface area contributed by atoms with E-state index in [0.717, 1.165) is 36.2 Å². The largest absolute Gasteiger partial charge is 0.352 e. The zero-order valence-corrected chi connectivity index (χ0v) is 16.0. The predicted molar refractivity (Wildman–Crippen MR) is 102 cm³/mol. The molecule has 138 valence electrons. The molecule has 1 aromatic rings. The van der Waals surface area contributed by atoms with Gasteiger partial charge < -0.3 is 15.5 Å². The molecule has 3 unspecified atom stereocenters. The second-order valence-electron chi connectivity index (χ2n) is 7.12. The lowest BCUT2D eigenvalue weighted by Crippen LogP contribution is -2.53. The normalized spacial score (nSPS) is 26.3. The van der Waals surface area contributed by atoms with Gasteiger partial charge in [0, 0.05) is 30.7 Å². The maximum Gasteiger partial charge on any atom is 0.227 e. The van der Waals surface area contributed by atoms with Crippen LogP contribution < -0.4 is 15.5 Å². The van der Waals surface area contributed by atoms with Crippen LogP contribution in [0.1, 0.15) is 37.3 Å². The van der Waals surface area contributed by atoms with Crippen molar-refractivity contribution < 1.29 is 9.59 Å². The molecule has 3 atom stereocenters. The summed E-state index contributed by atoms with van der Waals surface area (Å²) in [6, 6.07) is 6.42. The van der Waals surface area contributed by atoms with Crippen LogP contribution in [0.2, 0.25) is 0 Å². The number of hydrogen-bond donors (Lipinski definition) is 2. The molecule has 0 bridgehead atoms. The molecule has 5 nitrogen and oxygen atoms in total. The van der Waals surface area contributed by atoms with Gasteiger partial charge >= 0.3 is 0 Å². The Bertz CT molecular complexity index is 650. The minimum Gasteiger partial charge on any atom is -0.352 e. The van der Waals surface area contributed by atoms with Crippen LogP contribution in [-0.2, 0) is 9.59 Å². The van der Waals surface area contributed by atoms with Crippen LogP contribution in [0.4, 0.5) is 5.69 Å². The quantitative estimate of drug-likeness (QED) is 0.864. The average molecular weight is 366 g/mol. The second kappa shape index (κ2) is 8.19.